The topological polar surface area (TPSA) is 69.4 Å². The van der Waals surface area contributed by atoms with Crippen molar-refractivity contribution in [2.75, 3.05) is 6.61 Å². The molecule has 1 aromatic rings. The lowest BCUT2D eigenvalue weighted by atomic mass is 10.2. The van der Waals surface area contributed by atoms with Crippen molar-refractivity contribution >= 4 is 23.1 Å². The standard InChI is InChI=1S/C11H12ClNO4/c1-2-3-9(14)7-17-11-5-4-8(13(15)16)6-10(11)12/h4-6H,2-3,7H2,1H3. The number of rotatable bonds is 6. The zero-order valence-corrected chi connectivity index (χ0v) is 10.1. The van der Waals surface area contributed by atoms with Crippen LogP contribution < -0.4 is 4.74 Å². The van der Waals surface area contributed by atoms with Crippen LogP contribution in [-0.2, 0) is 4.79 Å². The summed E-state index contributed by atoms with van der Waals surface area (Å²) in [6.07, 6.45) is 1.21. The molecule has 5 nitrogen and oxygen atoms in total. The normalized spacial score (nSPS) is 10.0. The SMILES string of the molecule is CCCC(=O)COc1ccc([N+](=O)[O-])cc1Cl. The average molecular weight is 258 g/mol. The van der Waals surface area contributed by atoms with E-state index in [1.54, 1.807) is 0 Å². The van der Waals surface area contributed by atoms with Gasteiger partial charge in [-0.2, -0.15) is 0 Å². The molecule has 1 rings (SSSR count). The first-order valence-electron chi connectivity index (χ1n) is 5.13. The molecular weight excluding hydrogens is 246 g/mol. The van der Waals surface area contributed by atoms with E-state index < -0.39 is 4.92 Å². The van der Waals surface area contributed by atoms with Crippen LogP contribution >= 0.6 is 11.6 Å². The van der Waals surface area contributed by atoms with E-state index >= 15 is 0 Å². The predicted octanol–water partition coefficient (Wildman–Crippen LogP) is 3.00. The molecule has 0 aromatic heterocycles. The van der Waals surface area contributed by atoms with Gasteiger partial charge >= 0.3 is 0 Å². The molecule has 6 heteroatoms. The smallest absolute Gasteiger partial charge is 0.271 e. The lowest BCUT2D eigenvalue weighted by Crippen LogP contribution is -2.10. The Hall–Kier alpha value is -1.62. The van der Waals surface area contributed by atoms with Crippen LogP contribution in [0.1, 0.15) is 19.8 Å². The van der Waals surface area contributed by atoms with Crippen LogP contribution in [0.3, 0.4) is 0 Å². The molecule has 92 valence electrons. The molecule has 0 aliphatic rings. The van der Waals surface area contributed by atoms with E-state index in [-0.39, 0.29) is 28.8 Å². The van der Waals surface area contributed by atoms with Crippen molar-refractivity contribution in [2.24, 2.45) is 0 Å². The van der Waals surface area contributed by atoms with E-state index in [9.17, 15) is 14.9 Å². The Kier molecular flexibility index (Phi) is 4.90. The summed E-state index contributed by atoms with van der Waals surface area (Å²) in [6.45, 7) is 1.84. The third kappa shape index (κ3) is 4.03. The molecule has 0 saturated carbocycles. The van der Waals surface area contributed by atoms with Crippen LogP contribution in [0, 0.1) is 10.1 Å². The number of nitro benzene ring substituents is 1. The minimum Gasteiger partial charge on any atom is -0.484 e. The van der Waals surface area contributed by atoms with E-state index in [1.807, 2.05) is 6.92 Å². The Bertz CT molecular complexity index is 433. The third-order valence-corrected chi connectivity index (χ3v) is 2.34. The number of carbonyl (C=O) groups excluding carboxylic acids is 1. The third-order valence-electron chi connectivity index (χ3n) is 2.04. The lowest BCUT2D eigenvalue weighted by Gasteiger charge is -2.06. The summed E-state index contributed by atoms with van der Waals surface area (Å²) in [7, 11) is 0. The maximum absolute atomic E-state index is 11.2. The van der Waals surface area contributed by atoms with Gasteiger partial charge < -0.3 is 4.74 Å². The van der Waals surface area contributed by atoms with Crippen molar-refractivity contribution in [3.8, 4) is 5.75 Å². The average Bonchev–Trinajstić information content (AvgIpc) is 2.27. The second kappa shape index (κ2) is 6.20. The molecule has 0 radical (unpaired) electrons. The zero-order valence-electron chi connectivity index (χ0n) is 9.31. The lowest BCUT2D eigenvalue weighted by molar-refractivity contribution is -0.384. The molecule has 0 heterocycles. The van der Waals surface area contributed by atoms with Crippen LogP contribution in [0.25, 0.3) is 0 Å². The Morgan fingerprint density at radius 3 is 2.76 bits per heavy atom. The summed E-state index contributed by atoms with van der Waals surface area (Å²) in [5.41, 5.74) is -0.109. The second-order valence-corrected chi connectivity index (χ2v) is 3.86. The molecule has 0 amide bonds. The van der Waals surface area contributed by atoms with Crippen molar-refractivity contribution in [1.82, 2.24) is 0 Å². The Morgan fingerprint density at radius 2 is 2.24 bits per heavy atom. The molecule has 1 aromatic carbocycles. The minimum absolute atomic E-state index is 0.0260. The van der Waals surface area contributed by atoms with E-state index in [2.05, 4.69) is 0 Å². The number of Topliss-reactive ketones (excluding diaryl/α,β-unsaturated/α-hetero) is 1. The number of non-ortho nitro benzene ring substituents is 1. The monoisotopic (exact) mass is 257 g/mol. The fraction of sp³-hybridized carbons (Fsp3) is 0.364. The van der Waals surface area contributed by atoms with Crippen molar-refractivity contribution < 1.29 is 14.5 Å². The van der Waals surface area contributed by atoms with Crippen LogP contribution in [0.15, 0.2) is 18.2 Å². The van der Waals surface area contributed by atoms with Gasteiger partial charge in [0.2, 0.25) is 0 Å². The molecule has 0 aliphatic carbocycles. The molecule has 0 N–H and O–H groups in total. The number of carbonyl (C=O) groups is 1. The van der Waals surface area contributed by atoms with Gasteiger partial charge in [-0.05, 0) is 12.5 Å². The maximum atomic E-state index is 11.2. The molecular formula is C11H12ClNO4. The molecule has 0 spiro atoms. The van der Waals surface area contributed by atoms with Gasteiger partial charge in [-0.3, -0.25) is 14.9 Å². The van der Waals surface area contributed by atoms with Crippen molar-refractivity contribution in [1.29, 1.82) is 0 Å². The number of benzene rings is 1. The fourth-order valence-corrected chi connectivity index (χ4v) is 1.46. The first kappa shape index (κ1) is 13.4. The summed E-state index contributed by atoms with van der Waals surface area (Å²) in [5, 5.41) is 10.6. The van der Waals surface area contributed by atoms with E-state index in [1.165, 1.54) is 18.2 Å². The number of halogens is 1. The molecule has 17 heavy (non-hydrogen) atoms. The molecule has 0 unspecified atom stereocenters. The van der Waals surface area contributed by atoms with Crippen molar-refractivity contribution in [3.63, 3.8) is 0 Å². The number of hydrogen-bond acceptors (Lipinski definition) is 4. The summed E-state index contributed by atoms with van der Waals surface area (Å²) in [4.78, 5) is 21.2. The zero-order chi connectivity index (χ0) is 12.8. The highest BCUT2D eigenvalue weighted by atomic mass is 35.5. The Morgan fingerprint density at radius 1 is 1.53 bits per heavy atom. The number of ketones is 1. The van der Waals surface area contributed by atoms with Crippen molar-refractivity contribution in [2.45, 2.75) is 19.8 Å². The highest BCUT2D eigenvalue weighted by Crippen LogP contribution is 2.28. The largest absolute Gasteiger partial charge is 0.484 e. The fourth-order valence-electron chi connectivity index (χ4n) is 1.23. The molecule has 0 fully saturated rings. The summed E-state index contributed by atoms with van der Waals surface area (Å²) >= 11 is 5.79. The predicted molar refractivity (Wildman–Crippen MR) is 63.5 cm³/mol. The highest BCUT2D eigenvalue weighted by Gasteiger charge is 2.11. The van der Waals surface area contributed by atoms with Gasteiger partial charge in [-0.25, -0.2) is 0 Å². The van der Waals surface area contributed by atoms with Gasteiger partial charge in [0.05, 0.1) is 9.95 Å². The quantitative estimate of drug-likeness (QED) is 0.580. The van der Waals surface area contributed by atoms with Crippen molar-refractivity contribution in [3.05, 3.63) is 33.3 Å². The Balaban J connectivity index is 2.66. The molecule has 0 aliphatic heterocycles. The minimum atomic E-state index is -0.544. The first-order valence-corrected chi connectivity index (χ1v) is 5.50. The van der Waals surface area contributed by atoms with E-state index in [0.717, 1.165) is 6.42 Å². The van der Waals surface area contributed by atoms with Crippen LogP contribution in [0.2, 0.25) is 5.02 Å². The highest BCUT2D eigenvalue weighted by molar-refractivity contribution is 6.32. The maximum Gasteiger partial charge on any atom is 0.271 e. The summed E-state index contributed by atoms with van der Waals surface area (Å²) in [6, 6.07) is 3.87. The van der Waals surface area contributed by atoms with E-state index in [0.29, 0.717) is 6.42 Å². The molecule has 0 saturated heterocycles. The van der Waals surface area contributed by atoms with Crippen LogP contribution in [-0.4, -0.2) is 17.3 Å². The van der Waals surface area contributed by atoms with Gasteiger partial charge in [0.15, 0.2) is 5.78 Å². The number of nitrogens with zero attached hydrogens (tertiary/aromatic N) is 1. The van der Waals surface area contributed by atoms with Gasteiger partial charge in [0.1, 0.15) is 12.4 Å². The van der Waals surface area contributed by atoms with Crippen LogP contribution in [0.4, 0.5) is 5.69 Å². The van der Waals surface area contributed by atoms with Gasteiger partial charge in [-0.1, -0.05) is 18.5 Å². The summed E-state index contributed by atoms with van der Waals surface area (Å²) in [5.74, 6) is 0.253. The van der Waals surface area contributed by atoms with Gasteiger partial charge in [-0.15, -0.1) is 0 Å². The number of hydrogen-bond donors (Lipinski definition) is 0. The second-order valence-electron chi connectivity index (χ2n) is 3.45. The van der Waals surface area contributed by atoms with Gasteiger partial charge in [0.25, 0.3) is 5.69 Å². The molecule has 0 bridgehead atoms. The van der Waals surface area contributed by atoms with E-state index in [4.69, 9.17) is 16.3 Å². The number of nitro groups is 1. The van der Waals surface area contributed by atoms with Crippen LogP contribution in [0.5, 0.6) is 5.75 Å². The van der Waals surface area contributed by atoms with Gasteiger partial charge in [0, 0.05) is 18.6 Å². The molecule has 0 atom stereocenters. The Labute approximate surface area is 103 Å². The first-order chi connectivity index (χ1) is 8.04. The number of ether oxygens (including phenoxy) is 1. The summed E-state index contributed by atoms with van der Waals surface area (Å²) < 4.78 is 5.18.